The number of aliphatic hydroxyl groups excluding tert-OH is 1. The second-order valence-electron chi connectivity index (χ2n) is 9.50. The Balaban J connectivity index is 1.81. The zero-order chi connectivity index (χ0) is 25.5. The number of likely N-dealkylation sites (tertiary alicyclic amines) is 1. The molecule has 1 aromatic rings. The fraction of sp³-hybridized carbons (Fsp3) is 0.500. The molecule has 6 atom stereocenters. The molecule has 1 spiro atoms. The van der Waals surface area contributed by atoms with Crippen LogP contribution in [-0.4, -0.2) is 82.0 Å². The number of nitrogens with zero attached hydrogens (tertiary/aromatic N) is 3. The van der Waals surface area contributed by atoms with E-state index in [9.17, 15) is 19.5 Å². The number of hydrogen-bond donors (Lipinski definition) is 1. The molecule has 35 heavy (non-hydrogen) atoms. The summed E-state index contributed by atoms with van der Waals surface area (Å²) in [6.07, 6.45) is 4.04. The summed E-state index contributed by atoms with van der Waals surface area (Å²) in [5.41, 5.74) is 0.541. The van der Waals surface area contributed by atoms with Crippen LogP contribution in [0.1, 0.15) is 13.3 Å². The predicted octanol–water partition coefficient (Wildman–Crippen LogP) is 2.83. The highest BCUT2D eigenvalue weighted by Crippen LogP contribution is 2.68. The van der Waals surface area contributed by atoms with Crippen LogP contribution in [0.5, 0.6) is 0 Å². The average molecular weight is 518 g/mol. The molecule has 4 rings (SSSR count). The molecule has 3 amide bonds. The molecule has 3 saturated heterocycles. The molecule has 9 heteroatoms. The SMILES string of the molecule is C=CCN(C)C(=O)[C@@H]1[C@@H]2CC(C)C3(S2)C(C(=O)N(CC=C)c2ccccc2Cl)N(CCO)C(=O)[C@H]13. The first-order valence-electron chi connectivity index (χ1n) is 11.9. The number of β-amino-alcohol motifs (C(OH)–C–C–N with tert-alkyl or cyclic N) is 1. The maximum atomic E-state index is 14.3. The second-order valence-corrected chi connectivity index (χ2v) is 11.5. The number of benzene rings is 1. The normalized spacial score (nSPS) is 30.8. The van der Waals surface area contributed by atoms with E-state index in [1.54, 1.807) is 65.0 Å². The van der Waals surface area contributed by atoms with Gasteiger partial charge in [0.15, 0.2) is 0 Å². The summed E-state index contributed by atoms with van der Waals surface area (Å²) in [7, 11) is 1.72. The highest BCUT2D eigenvalue weighted by Gasteiger charge is 2.76. The lowest BCUT2D eigenvalue weighted by molar-refractivity contribution is -0.143. The Labute approximate surface area is 215 Å². The first-order chi connectivity index (χ1) is 16.7. The van der Waals surface area contributed by atoms with E-state index in [4.69, 9.17) is 11.6 Å². The van der Waals surface area contributed by atoms with Crippen molar-refractivity contribution in [2.24, 2.45) is 17.8 Å². The van der Waals surface area contributed by atoms with E-state index < -0.39 is 22.6 Å². The highest BCUT2D eigenvalue weighted by atomic mass is 35.5. The maximum Gasteiger partial charge on any atom is 0.251 e. The van der Waals surface area contributed by atoms with Gasteiger partial charge in [-0.05, 0) is 24.5 Å². The highest BCUT2D eigenvalue weighted by molar-refractivity contribution is 8.02. The van der Waals surface area contributed by atoms with Gasteiger partial charge in [0.2, 0.25) is 11.8 Å². The molecule has 7 nitrogen and oxygen atoms in total. The van der Waals surface area contributed by atoms with E-state index in [0.29, 0.717) is 17.3 Å². The van der Waals surface area contributed by atoms with Gasteiger partial charge in [-0.2, -0.15) is 0 Å². The van der Waals surface area contributed by atoms with Crippen LogP contribution in [0.4, 0.5) is 5.69 Å². The summed E-state index contributed by atoms with van der Waals surface area (Å²) in [6.45, 7) is 9.96. The predicted molar refractivity (Wildman–Crippen MR) is 139 cm³/mol. The summed E-state index contributed by atoms with van der Waals surface area (Å²) in [5.74, 6) is -1.70. The van der Waals surface area contributed by atoms with Crippen LogP contribution in [0.3, 0.4) is 0 Å². The largest absolute Gasteiger partial charge is 0.395 e. The number of thioether (sulfide) groups is 1. The van der Waals surface area contributed by atoms with Crippen LogP contribution in [0.15, 0.2) is 49.6 Å². The van der Waals surface area contributed by atoms with Crippen molar-refractivity contribution in [3.8, 4) is 0 Å². The summed E-state index contributed by atoms with van der Waals surface area (Å²) < 4.78 is -0.760. The summed E-state index contributed by atoms with van der Waals surface area (Å²) in [5, 5.41) is 10.2. The number of aliphatic hydroxyl groups is 1. The zero-order valence-corrected chi connectivity index (χ0v) is 21.7. The van der Waals surface area contributed by atoms with Gasteiger partial charge in [-0.15, -0.1) is 24.9 Å². The number of halogens is 1. The molecule has 0 aliphatic carbocycles. The van der Waals surface area contributed by atoms with Gasteiger partial charge in [-0.25, -0.2) is 0 Å². The molecule has 188 valence electrons. The fourth-order valence-corrected chi connectivity index (χ4v) is 8.87. The van der Waals surface area contributed by atoms with Gasteiger partial charge >= 0.3 is 0 Å². The number of hydrogen-bond acceptors (Lipinski definition) is 5. The van der Waals surface area contributed by atoms with Gasteiger partial charge in [0.05, 0.1) is 33.9 Å². The number of carbonyl (C=O) groups is 3. The van der Waals surface area contributed by atoms with E-state index in [1.807, 2.05) is 0 Å². The van der Waals surface area contributed by atoms with Crippen LogP contribution >= 0.6 is 23.4 Å². The van der Waals surface area contributed by atoms with Crippen molar-refractivity contribution in [1.29, 1.82) is 0 Å². The second kappa shape index (κ2) is 9.99. The Morgan fingerprint density at radius 2 is 1.94 bits per heavy atom. The molecule has 3 unspecified atom stereocenters. The summed E-state index contributed by atoms with van der Waals surface area (Å²) in [6, 6.07) is 6.26. The molecular weight excluding hydrogens is 486 g/mol. The number of anilines is 1. The van der Waals surface area contributed by atoms with Gasteiger partial charge in [-0.3, -0.25) is 14.4 Å². The molecule has 0 aromatic heterocycles. The Hall–Kier alpha value is -2.29. The molecule has 1 N–H and O–H groups in total. The molecular formula is C26H32ClN3O4S. The lowest BCUT2D eigenvalue weighted by Crippen LogP contribution is -2.58. The Kier molecular flexibility index (Phi) is 7.36. The molecule has 0 saturated carbocycles. The smallest absolute Gasteiger partial charge is 0.251 e. The van der Waals surface area contributed by atoms with E-state index in [-0.39, 0.29) is 48.6 Å². The first kappa shape index (κ1) is 25.8. The molecule has 1 aromatic carbocycles. The lowest BCUT2D eigenvalue weighted by Gasteiger charge is -2.41. The van der Waals surface area contributed by atoms with Gasteiger partial charge in [-0.1, -0.05) is 42.8 Å². The number of likely N-dealkylation sites (N-methyl/N-ethyl adjacent to an activating group) is 1. The summed E-state index contributed by atoms with van der Waals surface area (Å²) >= 11 is 8.08. The minimum Gasteiger partial charge on any atom is -0.395 e. The van der Waals surface area contributed by atoms with Crippen LogP contribution in [0.25, 0.3) is 0 Å². The molecule has 0 radical (unpaired) electrons. The topological polar surface area (TPSA) is 81.2 Å². The van der Waals surface area contributed by atoms with Crippen molar-refractivity contribution < 1.29 is 19.5 Å². The number of carbonyl (C=O) groups excluding carboxylic acids is 3. The Bertz CT molecular complexity index is 1050. The van der Waals surface area contributed by atoms with Gasteiger partial charge in [0.25, 0.3) is 5.91 Å². The maximum absolute atomic E-state index is 14.3. The number of amides is 3. The quantitative estimate of drug-likeness (QED) is 0.509. The van der Waals surface area contributed by atoms with Crippen molar-refractivity contribution in [2.45, 2.75) is 29.4 Å². The monoisotopic (exact) mass is 517 g/mol. The van der Waals surface area contributed by atoms with Crippen LogP contribution in [0.2, 0.25) is 5.02 Å². The fourth-order valence-electron chi connectivity index (χ4n) is 6.22. The van der Waals surface area contributed by atoms with Crippen LogP contribution in [-0.2, 0) is 14.4 Å². The van der Waals surface area contributed by atoms with E-state index >= 15 is 0 Å². The van der Waals surface area contributed by atoms with E-state index in [1.165, 1.54) is 4.90 Å². The molecule has 3 aliphatic rings. The third-order valence-electron chi connectivity index (χ3n) is 7.61. The standard InChI is InChI=1S/C26H32ClN3O4S/c1-5-11-28(4)23(32)20-19-15-16(3)26(35-19)21(20)24(33)30(13-14-31)22(26)25(34)29(12-6-2)18-10-8-7-9-17(18)27/h5-10,16,19-22,31H,1-2,11-15H2,3-4H3/t16?,19-,20+,21-,22?,26?/m0/s1. The molecule has 3 heterocycles. The van der Waals surface area contributed by atoms with Crippen molar-refractivity contribution >= 4 is 46.8 Å². The Morgan fingerprint density at radius 1 is 1.26 bits per heavy atom. The van der Waals surface area contributed by atoms with E-state index in [2.05, 4.69) is 20.1 Å². The van der Waals surface area contributed by atoms with Crippen LogP contribution in [0, 0.1) is 17.8 Å². The van der Waals surface area contributed by atoms with Gasteiger partial charge < -0.3 is 19.8 Å². The third kappa shape index (κ3) is 3.90. The first-order valence-corrected chi connectivity index (χ1v) is 13.1. The van der Waals surface area contributed by atoms with Crippen molar-refractivity contribution in [1.82, 2.24) is 9.80 Å². The molecule has 3 aliphatic heterocycles. The summed E-state index contributed by atoms with van der Waals surface area (Å²) in [4.78, 5) is 46.4. The minimum atomic E-state index is -0.823. The molecule has 2 bridgehead atoms. The van der Waals surface area contributed by atoms with Crippen molar-refractivity contribution in [3.05, 3.63) is 54.6 Å². The van der Waals surface area contributed by atoms with Crippen molar-refractivity contribution in [3.63, 3.8) is 0 Å². The number of para-hydroxylation sites is 1. The number of rotatable bonds is 9. The van der Waals surface area contributed by atoms with Gasteiger partial charge in [0, 0.05) is 31.9 Å². The number of fused-ring (bicyclic) bond motifs is 1. The average Bonchev–Trinajstić information content (AvgIpc) is 3.42. The lowest BCUT2D eigenvalue weighted by atomic mass is 9.65. The van der Waals surface area contributed by atoms with E-state index in [0.717, 1.165) is 6.42 Å². The van der Waals surface area contributed by atoms with Crippen molar-refractivity contribution in [2.75, 3.05) is 38.2 Å². The minimum absolute atomic E-state index is 0.0271. The third-order valence-corrected chi connectivity index (χ3v) is 10.0. The Morgan fingerprint density at radius 3 is 2.57 bits per heavy atom. The van der Waals surface area contributed by atoms with Crippen LogP contribution < -0.4 is 4.90 Å². The van der Waals surface area contributed by atoms with Gasteiger partial charge in [0.1, 0.15) is 6.04 Å². The molecule has 3 fully saturated rings. The zero-order valence-electron chi connectivity index (χ0n) is 20.1.